The molecule has 1 amide bonds. The Hall–Kier alpha value is -3.84. The molecule has 0 aliphatic heterocycles. The van der Waals surface area contributed by atoms with E-state index in [1.54, 1.807) is 24.3 Å². The summed E-state index contributed by atoms with van der Waals surface area (Å²) in [7, 11) is 0. The summed E-state index contributed by atoms with van der Waals surface area (Å²) in [4.78, 5) is 49.5. The molecule has 0 aromatic heterocycles. The molecule has 0 saturated heterocycles. The summed E-state index contributed by atoms with van der Waals surface area (Å²) in [5.41, 5.74) is 0.798. The van der Waals surface area contributed by atoms with Crippen LogP contribution in [0.2, 0.25) is 5.02 Å². The number of hydrogen-bond donors (Lipinski definition) is 1. The minimum absolute atomic E-state index is 0.136. The lowest BCUT2D eigenvalue weighted by molar-refractivity contribution is -0.119. The van der Waals surface area contributed by atoms with Gasteiger partial charge >= 0.3 is 5.97 Å². The number of esters is 1. The van der Waals surface area contributed by atoms with Gasteiger partial charge in [-0.2, -0.15) is 0 Å². The summed E-state index contributed by atoms with van der Waals surface area (Å²) in [5, 5.41) is 2.35. The number of hydrogen-bond acceptors (Lipinski definition) is 5. The maximum Gasteiger partial charge on any atom is 0.343 e. The number of carbonyl (C=O) groups is 4. The Morgan fingerprint density at radius 1 is 0.871 bits per heavy atom. The first-order valence-electron chi connectivity index (χ1n) is 9.10. The Bertz CT molecular complexity index is 1250. The fourth-order valence-electron chi connectivity index (χ4n) is 3.27. The molecule has 1 aliphatic rings. The van der Waals surface area contributed by atoms with Crippen LogP contribution >= 0.6 is 11.6 Å². The molecule has 1 aliphatic carbocycles. The highest BCUT2D eigenvalue weighted by atomic mass is 35.5. The van der Waals surface area contributed by atoms with E-state index in [0.29, 0.717) is 11.1 Å². The smallest absolute Gasteiger partial charge is 0.343 e. The van der Waals surface area contributed by atoms with Crippen LogP contribution in [0.4, 0.5) is 10.1 Å². The minimum Gasteiger partial charge on any atom is -0.452 e. The van der Waals surface area contributed by atoms with E-state index in [1.165, 1.54) is 30.3 Å². The standard InChI is InChI=1S/C23H13ClFNO5/c24-17-6-3-7-18(25)20(17)23(30)31-11-19(27)26-12-8-9-15-16(10-12)22(29)14-5-2-1-4-13(14)21(15)28/h1-10H,11H2,(H,26,27). The van der Waals surface area contributed by atoms with Crippen LogP contribution in [0, 0.1) is 5.82 Å². The van der Waals surface area contributed by atoms with E-state index < -0.39 is 29.9 Å². The molecule has 154 valence electrons. The number of benzene rings is 3. The highest BCUT2D eigenvalue weighted by Crippen LogP contribution is 2.29. The molecule has 3 aromatic carbocycles. The number of amides is 1. The lowest BCUT2D eigenvalue weighted by Gasteiger charge is -2.18. The van der Waals surface area contributed by atoms with Crippen molar-refractivity contribution in [3.05, 3.63) is 99.3 Å². The summed E-state index contributed by atoms with van der Waals surface area (Å²) in [5.74, 6) is -3.27. The number of nitrogens with one attached hydrogen (secondary N) is 1. The van der Waals surface area contributed by atoms with Crippen molar-refractivity contribution in [3.8, 4) is 0 Å². The Balaban J connectivity index is 1.47. The number of halogens is 2. The second-order valence-electron chi connectivity index (χ2n) is 6.69. The number of ether oxygens (including phenoxy) is 1. The Morgan fingerprint density at radius 2 is 1.52 bits per heavy atom. The molecule has 0 spiro atoms. The fourth-order valence-corrected chi connectivity index (χ4v) is 3.51. The number of fused-ring (bicyclic) bond motifs is 2. The summed E-state index contributed by atoms with van der Waals surface area (Å²) in [6, 6.07) is 14.5. The topological polar surface area (TPSA) is 89.5 Å². The van der Waals surface area contributed by atoms with Crippen molar-refractivity contribution in [2.24, 2.45) is 0 Å². The molecule has 6 nitrogen and oxygen atoms in total. The monoisotopic (exact) mass is 437 g/mol. The lowest BCUT2D eigenvalue weighted by atomic mass is 9.84. The largest absolute Gasteiger partial charge is 0.452 e. The minimum atomic E-state index is -1.08. The highest BCUT2D eigenvalue weighted by Gasteiger charge is 2.29. The van der Waals surface area contributed by atoms with Gasteiger partial charge in [-0.25, -0.2) is 9.18 Å². The third-order valence-electron chi connectivity index (χ3n) is 4.71. The zero-order chi connectivity index (χ0) is 22.1. The van der Waals surface area contributed by atoms with Gasteiger partial charge in [-0.15, -0.1) is 0 Å². The van der Waals surface area contributed by atoms with Gasteiger partial charge in [0.1, 0.15) is 11.4 Å². The normalized spacial score (nSPS) is 12.1. The van der Waals surface area contributed by atoms with Crippen molar-refractivity contribution in [2.45, 2.75) is 0 Å². The molecule has 31 heavy (non-hydrogen) atoms. The van der Waals surface area contributed by atoms with Crippen LogP contribution in [0.5, 0.6) is 0 Å². The van der Waals surface area contributed by atoms with E-state index in [-0.39, 0.29) is 33.4 Å². The number of carbonyl (C=O) groups excluding carboxylic acids is 4. The first kappa shape index (κ1) is 20.4. The van der Waals surface area contributed by atoms with Gasteiger partial charge < -0.3 is 10.1 Å². The van der Waals surface area contributed by atoms with Crippen LogP contribution in [0.15, 0.2) is 60.7 Å². The quantitative estimate of drug-likeness (QED) is 0.486. The van der Waals surface area contributed by atoms with Crippen molar-refractivity contribution in [2.75, 3.05) is 11.9 Å². The number of anilines is 1. The van der Waals surface area contributed by atoms with E-state index in [9.17, 15) is 23.6 Å². The summed E-state index contributed by atoms with van der Waals surface area (Å²) in [6.45, 7) is -0.698. The van der Waals surface area contributed by atoms with Crippen LogP contribution < -0.4 is 5.32 Å². The predicted molar refractivity (Wildman–Crippen MR) is 110 cm³/mol. The van der Waals surface area contributed by atoms with E-state index in [2.05, 4.69) is 5.32 Å². The number of rotatable bonds is 4. The van der Waals surface area contributed by atoms with Crippen molar-refractivity contribution in [1.82, 2.24) is 0 Å². The molecule has 8 heteroatoms. The van der Waals surface area contributed by atoms with Crippen LogP contribution in [0.3, 0.4) is 0 Å². The average molecular weight is 438 g/mol. The molecule has 4 rings (SSSR count). The fraction of sp³-hybridized carbons (Fsp3) is 0.0435. The second kappa shape index (κ2) is 8.12. The molecule has 0 bridgehead atoms. The van der Waals surface area contributed by atoms with E-state index in [0.717, 1.165) is 6.07 Å². The first-order valence-corrected chi connectivity index (χ1v) is 9.48. The van der Waals surface area contributed by atoms with Gasteiger partial charge in [0, 0.05) is 27.9 Å². The van der Waals surface area contributed by atoms with E-state index >= 15 is 0 Å². The third-order valence-corrected chi connectivity index (χ3v) is 5.03. The molecular formula is C23H13ClFNO5. The van der Waals surface area contributed by atoms with Gasteiger partial charge in [-0.1, -0.05) is 41.9 Å². The SMILES string of the molecule is O=C(COC(=O)c1c(F)cccc1Cl)Nc1ccc2c(c1)C(=O)c1ccccc1C2=O. The van der Waals surface area contributed by atoms with Gasteiger partial charge in [0.05, 0.1) is 5.02 Å². The second-order valence-corrected chi connectivity index (χ2v) is 7.09. The molecule has 0 radical (unpaired) electrons. The van der Waals surface area contributed by atoms with Crippen molar-refractivity contribution in [3.63, 3.8) is 0 Å². The Labute approximate surface area is 180 Å². The molecule has 0 fully saturated rings. The van der Waals surface area contributed by atoms with Crippen LogP contribution in [-0.2, 0) is 9.53 Å². The molecular weight excluding hydrogens is 425 g/mol. The Kier molecular flexibility index (Phi) is 5.35. The third kappa shape index (κ3) is 3.83. The van der Waals surface area contributed by atoms with Gasteiger partial charge in [0.2, 0.25) is 0 Å². The lowest BCUT2D eigenvalue weighted by Crippen LogP contribution is -2.23. The van der Waals surface area contributed by atoms with Crippen molar-refractivity contribution >= 4 is 40.7 Å². The molecule has 3 aromatic rings. The van der Waals surface area contributed by atoms with Gasteiger partial charge in [-0.05, 0) is 30.3 Å². The van der Waals surface area contributed by atoms with Crippen LogP contribution in [-0.4, -0.2) is 30.0 Å². The van der Waals surface area contributed by atoms with E-state index in [1.807, 2.05) is 0 Å². The average Bonchev–Trinajstić information content (AvgIpc) is 2.76. The van der Waals surface area contributed by atoms with Crippen molar-refractivity contribution in [1.29, 1.82) is 0 Å². The summed E-state index contributed by atoms with van der Waals surface area (Å²) in [6.07, 6.45) is 0. The summed E-state index contributed by atoms with van der Waals surface area (Å²) >= 11 is 5.80. The molecule has 1 N–H and O–H groups in total. The van der Waals surface area contributed by atoms with Crippen molar-refractivity contribution < 1.29 is 28.3 Å². The maximum atomic E-state index is 13.8. The predicted octanol–water partition coefficient (Wildman–Crippen LogP) is 4.05. The zero-order valence-electron chi connectivity index (χ0n) is 15.8. The highest BCUT2D eigenvalue weighted by molar-refractivity contribution is 6.33. The van der Waals surface area contributed by atoms with Crippen LogP contribution in [0.1, 0.15) is 42.2 Å². The summed E-state index contributed by atoms with van der Waals surface area (Å²) < 4.78 is 18.6. The Morgan fingerprint density at radius 3 is 2.19 bits per heavy atom. The molecule has 0 heterocycles. The van der Waals surface area contributed by atoms with Crippen LogP contribution in [0.25, 0.3) is 0 Å². The van der Waals surface area contributed by atoms with Gasteiger partial charge in [0.15, 0.2) is 18.2 Å². The molecule has 0 saturated carbocycles. The zero-order valence-corrected chi connectivity index (χ0v) is 16.5. The molecule has 0 unspecified atom stereocenters. The van der Waals surface area contributed by atoms with Gasteiger partial charge in [-0.3, -0.25) is 14.4 Å². The first-order chi connectivity index (χ1) is 14.9. The molecule has 0 atom stereocenters. The number of ketones is 2. The van der Waals surface area contributed by atoms with E-state index in [4.69, 9.17) is 16.3 Å². The maximum absolute atomic E-state index is 13.8. The van der Waals surface area contributed by atoms with Gasteiger partial charge in [0.25, 0.3) is 5.91 Å².